The van der Waals surface area contributed by atoms with Crippen LogP contribution in [-0.2, 0) is 16.3 Å². The van der Waals surface area contributed by atoms with E-state index in [0.29, 0.717) is 35.3 Å². The Bertz CT molecular complexity index is 680. The van der Waals surface area contributed by atoms with Gasteiger partial charge in [-0.3, -0.25) is 0 Å². The highest BCUT2D eigenvalue weighted by atomic mass is 32.2. The molecular weight excluding hydrogens is 278 g/mol. The summed E-state index contributed by atoms with van der Waals surface area (Å²) in [6.07, 6.45) is 0.543. The molecule has 7 heteroatoms. The molecule has 1 N–H and O–H groups in total. The minimum Gasteiger partial charge on any atom is -0.383 e. The molecule has 6 nitrogen and oxygen atoms in total. The fraction of sp³-hybridized carbons (Fsp3) is 0.385. The van der Waals surface area contributed by atoms with E-state index >= 15 is 0 Å². The van der Waals surface area contributed by atoms with Crippen molar-refractivity contribution in [2.75, 3.05) is 17.6 Å². The number of sulfone groups is 1. The molecule has 1 aromatic heterocycles. The van der Waals surface area contributed by atoms with Crippen LogP contribution in [0.4, 0.5) is 5.69 Å². The first kappa shape index (κ1) is 14.5. The number of hydrogen-bond acceptors (Lipinski definition) is 6. The average molecular weight is 295 g/mol. The zero-order valence-electron chi connectivity index (χ0n) is 11.5. The second-order valence-corrected chi connectivity index (χ2v) is 6.56. The van der Waals surface area contributed by atoms with Crippen LogP contribution in [-0.4, -0.2) is 30.9 Å². The lowest BCUT2D eigenvalue weighted by atomic mass is 10.3. The number of aromatic nitrogens is 2. The third-order valence-electron chi connectivity index (χ3n) is 2.83. The van der Waals surface area contributed by atoms with Crippen LogP contribution < -0.4 is 5.32 Å². The monoisotopic (exact) mass is 295 g/mol. The number of nitrogens with zero attached hydrogens (tertiary/aromatic N) is 2. The Kier molecular flexibility index (Phi) is 4.39. The van der Waals surface area contributed by atoms with Crippen LogP contribution in [0.15, 0.2) is 33.7 Å². The van der Waals surface area contributed by atoms with Gasteiger partial charge in [-0.25, -0.2) is 8.42 Å². The van der Waals surface area contributed by atoms with Crippen molar-refractivity contribution in [3.05, 3.63) is 36.0 Å². The van der Waals surface area contributed by atoms with Gasteiger partial charge in [0, 0.05) is 13.0 Å². The number of anilines is 1. The summed E-state index contributed by atoms with van der Waals surface area (Å²) in [5.41, 5.74) is 0.602. The lowest BCUT2D eigenvalue weighted by Gasteiger charge is -2.10. The third kappa shape index (κ3) is 3.36. The Morgan fingerprint density at radius 3 is 2.70 bits per heavy atom. The maximum absolute atomic E-state index is 12.0. The predicted molar refractivity (Wildman–Crippen MR) is 75.4 cm³/mol. The standard InChI is InChI=1S/C13H17N3O3S/c1-3-20(17,18)12-7-5-4-6-11(12)14-9-8-13-15-10(2)16-19-13/h4-7,14H,3,8-9H2,1-2H3. The first-order valence-electron chi connectivity index (χ1n) is 6.38. The van der Waals surface area contributed by atoms with Crippen molar-refractivity contribution in [3.8, 4) is 0 Å². The molecule has 1 aromatic carbocycles. The van der Waals surface area contributed by atoms with Gasteiger partial charge in [0.05, 0.1) is 16.3 Å². The third-order valence-corrected chi connectivity index (χ3v) is 4.61. The van der Waals surface area contributed by atoms with E-state index in [-0.39, 0.29) is 5.75 Å². The van der Waals surface area contributed by atoms with Crippen molar-refractivity contribution in [2.45, 2.75) is 25.2 Å². The molecular formula is C13H17N3O3S. The lowest BCUT2D eigenvalue weighted by molar-refractivity contribution is 0.377. The molecule has 20 heavy (non-hydrogen) atoms. The molecule has 0 bridgehead atoms. The van der Waals surface area contributed by atoms with E-state index in [4.69, 9.17) is 4.52 Å². The molecule has 0 saturated heterocycles. The van der Waals surface area contributed by atoms with E-state index in [1.807, 2.05) is 0 Å². The number of rotatable bonds is 6. The normalized spacial score (nSPS) is 11.5. The van der Waals surface area contributed by atoms with Gasteiger partial charge < -0.3 is 9.84 Å². The SMILES string of the molecule is CCS(=O)(=O)c1ccccc1NCCc1nc(C)no1. The summed E-state index contributed by atoms with van der Waals surface area (Å²) in [5.74, 6) is 1.20. The molecule has 0 aliphatic carbocycles. The minimum atomic E-state index is -3.23. The molecule has 108 valence electrons. The highest BCUT2D eigenvalue weighted by Gasteiger charge is 2.15. The summed E-state index contributed by atoms with van der Waals surface area (Å²) in [7, 11) is -3.23. The fourth-order valence-corrected chi connectivity index (χ4v) is 2.86. The van der Waals surface area contributed by atoms with Crippen molar-refractivity contribution >= 4 is 15.5 Å². The Labute approximate surface area is 118 Å². The summed E-state index contributed by atoms with van der Waals surface area (Å²) in [6.45, 7) is 3.91. The molecule has 0 saturated carbocycles. The quantitative estimate of drug-likeness (QED) is 0.875. The maximum Gasteiger partial charge on any atom is 0.228 e. The van der Waals surface area contributed by atoms with Crippen molar-refractivity contribution < 1.29 is 12.9 Å². The van der Waals surface area contributed by atoms with Crippen LogP contribution in [0, 0.1) is 6.92 Å². The molecule has 2 aromatic rings. The summed E-state index contributed by atoms with van der Waals surface area (Å²) in [4.78, 5) is 4.42. The fourth-order valence-electron chi connectivity index (χ4n) is 1.79. The number of benzene rings is 1. The van der Waals surface area contributed by atoms with Crippen LogP contribution in [0.25, 0.3) is 0 Å². The summed E-state index contributed by atoms with van der Waals surface area (Å²) in [6, 6.07) is 6.88. The van der Waals surface area contributed by atoms with Gasteiger partial charge in [-0.15, -0.1) is 0 Å². The van der Waals surface area contributed by atoms with E-state index in [1.165, 1.54) is 0 Å². The Hall–Kier alpha value is -1.89. The van der Waals surface area contributed by atoms with Gasteiger partial charge in [-0.05, 0) is 19.1 Å². The number of hydrogen-bond donors (Lipinski definition) is 1. The molecule has 0 spiro atoms. The largest absolute Gasteiger partial charge is 0.383 e. The van der Waals surface area contributed by atoms with Crippen LogP contribution >= 0.6 is 0 Å². The zero-order chi connectivity index (χ0) is 14.6. The van der Waals surface area contributed by atoms with Crippen LogP contribution in [0.5, 0.6) is 0 Å². The second kappa shape index (κ2) is 6.04. The molecule has 0 aliphatic rings. The molecule has 0 fully saturated rings. The predicted octanol–water partition coefficient (Wildman–Crippen LogP) is 1.83. The minimum absolute atomic E-state index is 0.0779. The van der Waals surface area contributed by atoms with Gasteiger partial charge in [0.1, 0.15) is 0 Å². The molecule has 1 heterocycles. The van der Waals surface area contributed by atoms with Crippen molar-refractivity contribution in [1.82, 2.24) is 10.1 Å². The first-order chi connectivity index (χ1) is 9.53. The number of nitrogens with one attached hydrogen (secondary N) is 1. The average Bonchev–Trinajstić information content (AvgIpc) is 2.85. The van der Waals surface area contributed by atoms with Gasteiger partial charge in [-0.2, -0.15) is 4.98 Å². The lowest BCUT2D eigenvalue weighted by Crippen LogP contribution is -2.11. The van der Waals surface area contributed by atoms with Gasteiger partial charge in [0.2, 0.25) is 5.89 Å². The van der Waals surface area contributed by atoms with Crippen LogP contribution in [0.3, 0.4) is 0 Å². The van der Waals surface area contributed by atoms with E-state index in [1.54, 1.807) is 38.1 Å². The van der Waals surface area contributed by atoms with Crippen molar-refractivity contribution in [1.29, 1.82) is 0 Å². The zero-order valence-corrected chi connectivity index (χ0v) is 12.3. The highest BCUT2D eigenvalue weighted by molar-refractivity contribution is 7.91. The molecule has 2 rings (SSSR count). The topological polar surface area (TPSA) is 85.1 Å². The Morgan fingerprint density at radius 2 is 2.05 bits per heavy atom. The maximum atomic E-state index is 12.0. The van der Waals surface area contributed by atoms with E-state index in [9.17, 15) is 8.42 Å². The molecule has 0 aliphatic heterocycles. The van der Waals surface area contributed by atoms with Gasteiger partial charge in [-0.1, -0.05) is 24.2 Å². The number of aryl methyl sites for hydroxylation is 1. The van der Waals surface area contributed by atoms with Gasteiger partial charge in [0.25, 0.3) is 0 Å². The Morgan fingerprint density at radius 1 is 1.30 bits per heavy atom. The smallest absolute Gasteiger partial charge is 0.228 e. The van der Waals surface area contributed by atoms with Gasteiger partial charge in [0.15, 0.2) is 15.7 Å². The second-order valence-electron chi connectivity index (χ2n) is 4.31. The van der Waals surface area contributed by atoms with E-state index < -0.39 is 9.84 Å². The van der Waals surface area contributed by atoms with E-state index in [2.05, 4.69) is 15.5 Å². The summed E-state index contributed by atoms with van der Waals surface area (Å²) in [5, 5.41) is 6.81. The van der Waals surface area contributed by atoms with Crippen LogP contribution in [0.2, 0.25) is 0 Å². The molecule has 0 atom stereocenters. The first-order valence-corrected chi connectivity index (χ1v) is 8.03. The van der Waals surface area contributed by atoms with Crippen LogP contribution in [0.1, 0.15) is 18.6 Å². The Balaban J connectivity index is 2.06. The summed E-state index contributed by atoms with van der Waals surface area (Å²) < 4.78 is 29.0. The van der Waals surface area contributed by atoms with E-state index in [0.717, 1.165) is 0 Å². The number of para-hydroxylation sites is 1. The molecule has 0 amide bonds. The van der Waals surface area contributed by atoms with Crippen molar-refractivity contribution in [2.24, 2.45) is 0 Å². The highest BCUT2D eigenvalue weighted by Crippen LogP contribution is 2.21. The summed E-state index contributed by atoms with van der Waals surface area (Å²) >= 11 is 0. The van der Waals surface area contributed by atoms with Crippen molar-refractivity contribution in [3.63, 3.8) is 0 Å². The molecule has 0 unspecified atom stereocenters. The van der Waals surface area contributed by atoms with Gasteiger partial charge >= 0.3 is 0 Å². The molecule has 0 radical (unpaired) electrons.